The van der Waals surface area contributed by atoms with Gasteiger partial charge in [-0.2, -0.15) is 5.10 Å². The quantitative estimate of drug-likeness (QED) is 0.506. The van der Waals surface area contributed by atoms with E-state index >= 15 is 0 Å². The zero-order valence-electron chi connectivity index (χ0n) is 16.5. The van der Waals surface area contributed by atoms with E-state index in [2.05, 4.69) is 30.6 Å². The van der Waals surface area contributed by atoms with E-state index in [4.69, 9.17) is 21.1 Å². The van der Waals surface area contributed by atoms with Crippen molar-refractivity contribution in [3.8, 4) is 17.1 Å². The van der Waals surface area contributed by atoms with Crippen LogP contribution >= 0.6 is 11.6 Å². The highest BCUT2D eigenvalue weighted by molar-refractivity contribution is 6.30. The average molecular weight is 439 g/mol. The molecule has 2 aliphatic heterocycles. The molecule has 6 rings (SSSR count). The number of aromatic nitrogens is 7. The Kier molecular flexibility index (Phi) is 4.46. The zero-order valence-corrected chi connectivity index (χ0v) is 17.2. The van der Waals surface area contributed by atoms with Crippen LogP contribution in [0.4, 0.5) is 5.95 Å². The molecule has 0 aromatic carbocycles. The minimum Gasteiger partial charge on any atom is -0.478 e. The standard InChI is InChI=1S/C20H19ClN8O2/c21-14-7-23-28(9-14)8-12-2-4-31-18-6-13(5-17-26-27-19(12)29(17)18)16-1-3-22-20(25-16)24-15-10-30-11-15/h1,3,5-7,9,12,15H,2,4,8,10-11H2,(H,22,24,25). The Balaban J connectivity index is 1.35. The maximum Gasteiger partial charge on any atom is 0.223 e. The molecule has 2 aliphatic rings. The van der Waals surface area contributed by atoms with Gasteiger partial charge in [0.25, 0.3) is 0 Å². The third-order valence-corrected chi connectivity index (χ3v) is 5.71. The first-order valence-corrected chi connectivity index (χ1v) is 10.5. The van der Waals surface area contributed by atoms with Gasteiger partial charge in [0.15, 0.2) is 5.65 Å². The third kappa shape index (κ3) is 3.47. The molecule has 11 heteroatoms. The summed E-state index contributed by atoms with van der Waals surface area (Å²) in [5, 5.41) is 17.1. The molecule has 4 aromatic heterocycles. The Morgan fingerprint density at radius 3 is 2.97 bits per heavy atom. The lowest BCUT2D eigenvalue weighted by molar-refractivity contribution is 0.0208. The van der Waals surface area contributed by atoms with Gasteiger partial charge in [0.1, 0.15) is 5.82 Å². The van der Waals surface area contributed by atoms with Crippen molar-refractivity contribution in [1.82, 2.24) is 34.3 Å². The summed E-state index contributed by atoms with van der Waals surface area (Å²) >= 11 is 6.01. The Labute approximate surface area is 182 Å². The van der Waals surface area contributed by atoms with Crippen molar-refractivity contribution in [3.05, 3.63) is 47.6 Å². The van der Waals surface area contributed by atoms with E-state index < -0.39 is 0 Å². The van der Waals surface area contributed by atoms with Gasteiger partial charge in [-0.15, -0.1) is 10.2 Å². The molecule has 10 nitrogen and oxygen atoms in total. The lowest BCUT2D eigenvalue weighted by Crippen LogP contribution is -2.40. The monoisotopic (exact) mass is 438 g/mol. The highest BCUT2D eigenvalue weighted by atomic mass is 35.5. The highest BCUT2D eigenvalue weighted by Crippen LogP contribution is 2.32. The molecule has 0 spiro atoms. The highest BCUT2D eigenvalue weighted by Gasteiger charge is 2.26. The number of pyridine rings is 1. The van der Waals surface area contributed by atoms with Crippen LogP contribution in [0.2, 0.25) is 5.02 Å². The molecule has 158 valence electrons. The maximum atomic E-state index is 6.09. The van der Waals surface area contributed by atoms with Crippen molar-refractivity contribution >= 4 is 23.2 Å². The van der Waals surface area contributed by atoms with Crippen LogP contribution in [-0.2, 0) is 11.3 Å². The van der Waals surface area contributed by atoms with Gasteiger partial charge in [-0.25, -0.2) is 14.4 Å². The van der Waals surface area contributed by atoms with E-state index in [9.17, 15) is 0 Å². The van der Waals surface area contributed by atoms with E-state index in [1.165, 1.54) is 0 Å². The van der Waals surface area contributed by atoms with Gasteiger partial charge in [-0.3, -0.25) is 4.68 Å². The van der Waals surface area contributed by atoms with Crippen molar-refractivity contribution in [2.75, 3.05) is 25.1 Å². The van der Waals surface area contributed by atoms with Gasteiger partial charge in [0.05, 0.1) is 49.3 Å². The maximum absolute atomic E-state index is 6.09. The summed E-state index contributed by atoms with van der Waals surface area (Å²) in [4.78, 5) is 8.97. The second-order valence-corrected chi connectivity index (χ2v) is 8.13. The fraction of sp³-hybridized carbons (Fsp3) is 0.350. The fourth-order valence-electron chi connectivity index (χ4n) is 3.89. The number of halogens is 1. The molecule has 1 fully saturated rings. The van der Waals surface area contributed by atoms with E-state index in [1.54, 1.807) is 12.4 Å². The van der Waals surface area contributed by atoms with Crippen LogP contribution in [0.3, 0.4) is 0 Å². The number of rotatable bonds is 5. The van der Waals surface area contributed by atoms with Crippen LogP contribution in [-0.4, -0.2) is 60.2 Å². The smallest absolute Gasteiger partial charge is 0.223 e. The van der Waals surface area contributed by atoms with Crippen molar-refractivity contribution in [3.63, 3.8) is 0 Å². The van der Waals surface area contributed by atoms with Crippen LogP contribution in [0.15, 0.2) is 36.8 Å². The van der Waals surface area contributed by atoms with Gasteiger partial charge in [0, 0.05) is 29.9 Å². The first kappa shape index (κ1) is 18.5. The van der Waals surface area contributed by atoms with Gasteiger partial charge in [-0.1, -0.05) is 11.6 Å². The molecule has 4 aromatic rings. The van der Waals surface area contributed by atoms with Gasteiger partial charge in [-0.05, 0) is 18.6 Å². The summed E-state index contributed by atoms with van der Waals surface area (Å²) in [5.74, 6) is 2.25. The van der Waals surface area contributed by atoms with Crippen LogP contribution in [0.25, 0.3) is 16.9 Å². The van der Waals surface area contributed by atoms with Crippen LogP contribution in [0.1, 0.15) is 18.2 Å². The minimum atomic E-state index is 0.109. The third-order valence-electron chi connectivity index (χ3n) is 5.51. The number of anilines is 1. The van der Waals surface area contributed by atoms with Gasteiger partial charge in [0.2, 0.25) is 11.8 Å². The summed E-state index contributed by atoms with van der Waals surface area (Å²) in [7, 11) is 0. The Morgan fingerprint density at radius 1 is 1.23 bits per heavy atom. The Morgan fingerprint density at radius 2 is 2.16 bits per heavy atom. The lowest BCUT2D eigenvalue weighted by atomic mass is 10.1. The number of ether oxygens (including phenoxy) is 2. The summed E-state index contributed by atoms with van der Waals surface area (Å²) in [6.07, 6.45) is 5.99. The molecular formula is C20H19ClN8O2. The molecule has 0 radical (unpaired) electrons. The number of hydrogen-bond donors (Lipinski definition) is 1. The number of nitrogens with zero attached hydrogens (tertiary/aromatic N) is 7. The van der Waals surface area contributed by atoms with Crippen molar-refractivity contribution in [2.45, 2.75) is 24.9 Å². The topological polar surface area (TPSA) is 104 Å². The summed E-state index contributed by atoms with van der Waals surface area (Å²) in [6, 6.07) is 6.08. The van der Waals surface area contributed by atoms with E-state index in [0.717, 1.165) is 23.5 Å². The lowest BCUT2D eigenvalue weighted by Gasteiger charge is -2.26. The normalized spacial score (nSPS) is 18.4. The minimum absolute atomic E-state index is 0.109. The molecule has 0 saturated carbocycles. The average Bonchev–Trinajstić information content (AvgIpc) is 3.31. The second-order valence-electron chi connectivity index (χ2n) is 7.69. The van der Waals surface area contributed by atoms with Crippen molar-refractivity contribution in [2.24, 2.45) is 0 Å². The fourth-order valence-corrected chi connectivity index (χ4v) is 4.04. The second kappa shape index (κ2) is 7.47. The molecule has 1 unspecified atom stereocenters. The van der Waals surface area contributed by atoms with E-state index in [0.29, 0.717) is 48.9 Å². The predicted molar refractivity (Wildman–Crippen MR) is 112 cm³/mol. The number of hydrogen-bond acceptors (Lipinski definition) is 8. The molecule has 1 atom stereocenters. The summed E-state index contributed by atoms with van der Waals surface area (Å²) in [6.45, 7) is 2.57. The molecule has 1 saturated heterocycles. The van der Waals surface area contributed by atoms with Crippen LogP contribution < -0.4 is 10.1 Å². The molecule has 1 N–H and O–H groups in total. The summed E-state index contributed by atoms with van der Waals surface area (Å²) < 4.78 is 15.1. The van der Waals surface area contributed by atoms with Gasteiger partial charge >= 0.3 is 0 Å². The SMILES string of the molecule is Clc1cnn(CC2CCOc3cc(-c4ccnc(NC5COC5)n4)cc4nnc2n34)c1. The van der Waals surface area contributed by atoms with Crippen LogP contribution in [0, 0.1) is 0 Å². The molecule has 31 heavy (non-hydrogen) atoms. The largest absolute Gasteiger partial charge is 0.478 e. The molecule has 0 amide bonds. The van der Waals surface area contributed by atoms with Crippen molar-refractivity contribution in [1.29, 1.82) is 0 Å². The first-order valence-electron chi connectivity index (χ1n) is 10.1. The molecular weight excluding hydrogens is 420 g/mol. The zero-order chi connectivity index (χ0) is 20.8. The van der Waals surface area contributed by atoms with Gasteiger partial charge < -0.3 is 14.8 Å². The molecule has 6 heterocycles. The van der Waals surface area contributed by atoms with E-state index in [-0.39, 0.29) is 12.0 Å². The first-order chi connectivity index (χ1) is 15.2. The predicted octanol–water partition coefficient (Wildman–Crippen LogP) is 2.41. The van der Waals surface area contributed by atoms with Crippen molar-refractivity contribution < 1.29 is 9.47 Å². The number of nitrogens with one attached hydrogen (secondary N) is 1. The molecule has 0 aliphatic carbocycles. The molecule has 0 bridgehead atoms. The Hall–Kier alpha value is -3.24. The summed E-state index contributed by atoms with van der Waals surface area (Å²) in [5.41, 5.74) is 2.40. The Bertz CT molecular complexity index is 1250. The van der Waals surface area contributed by atoms with E-state index in [1.807, 2.05) is 33.5 Å². The van der Waals surface area contributed by atoms with Crippen LogP contribution in [0.5, 0.6) is 5.88 Å².